The Bertz CT molecular complexity index is 891. The van der Waals surface area contributed by atoms with Crippen LogP contribution in [0.5, 0.6) is 5.75 Å². The summed E-state index contributed by atoms with van der Waals surface area (Å²) in [5.41, 5.74) is -0.152. The maximum atomic E-state index is 12.5. The van der Waals surface area contributed by atoms with Crippen LogP contribution in [0.25, 0.3) is 0 Å². The molecule has 2 aromatic rings. The van der Waals surface area contributed by atoms with E-state index in [4.69, 9.17) is 14.2 Å². The molecule has 2 aromatic carbocycles. The molecule has 186 valence electrons. The van der Waals surface area contributed by atoms with Gasteiger partial charge in [0.15, 0.2) is 0 Å². The zero-order chi connectivity index (χ0) is 24.6. The van der Waals surface area contributed by atoms with Crippen molar-refractivity contribution in [2.24, 2.45) is 5.92 Å². The van der Waals surface area contributed by atoms with Crippen molar-refractivity contribution in [3.63, 3.8) is 0 Å². The number of alkyl halides is 1. The van der Waals surface area contributed by atoms with Gasteiger partial charge in [-0.05, 0) is 62.8 Å². The predicted octanol–water partition coefficient (Wildman–Crippen LogP) is 4.93. The van der Waals surface area contributed by atoms with Gasteiger partial charge >= 0.3 is 6.09 Å². The van der Waals surface area contributed by atoms with E-state index in [1.54, 1.807) is 4.90 Å². The van der Waals surface area contributed by atoms with Crippen LogP contribution in [-0.4, -0.2) is 61.3 Å². The second kappa shape index (κ2) is 11.7. The molecule has 1 amide bonds. The summed E-state index contributed by atoms with van der Waals surface area (Å²) in [5.74, 6) is 0.581. The van der Waals surface area contributed by atoms with Gasteiger partial charge < -0.3 is 24.2 Å². The Hall–Kier alpha value is -2.64. The van der Waals surface area contributed by atoms with Crippen LogP contribution in [0.15, 0.2) is 54.6 Å². The van der Waals surface area contributed by atoms with E-state index in [1.165, 1.54) is 0 Å². The van der Waals surface area contributed by atoms with Crippen molar-refractivity contribution in [1.82, 2.24) is 4.90 Å². The normalized spacial score (nSPS) is 16.7. The largest absolute Gasteiger partial charge is 0.491 e. The number of benzene rings is 2. The lowest BCUT2D eigenvalue weighted by molar-refractivity contribution is -0.0238. The summed E-state index contributed by atoms with van der Waals surface area (Å²) in [7, 11) is 0. The fourth-order valence-electron chi connectivity index (χ4n) is 4.32. The molecule has 1 heterocycles. The molecule has 3 rings (SSSR count). The topological polar surface area (TPSA) is 68.2 Å². The summed E-state index contributed by atoms with van der Waals surface area (Å²) in [5, 5.41) is 12.1. The number of carbonyl (C=O) groups excluding carboxylic acids is 1. The molecule has 7 heteroatoms. The number of likely N-dealkylation sites (tertiary alicyclic amines) is 1. The van der Waals surface area contributed by atoms with Gasteiger partial charge in [-0.15, -0.1) is 0 Å². The van der Waals surface area contributed by atoms with E-state index in [9.17, 15) is 14.3 Å². The third kappa shape index (κ3) is 6.70. The minimum atomic E-state index is -1.20. The average Bonchev–Trinajstić information content (AvgIpc) is 2.83. The monoisotopic (exact) mass is 473 g/mol. The molecule has 34 heavy (non-hydrogen) atoms. The number of halogens is 1. The molecule has 1 unspecified atom stereocenters. The Labute approximate surface area is 201 Å². The lowest BCUT2D eigenvalue weighted by Crippen LogP contribution is -2.47. The molecule has 0 spiro atoms. The Morgan fingerprint density at radius 1 is 0.971 bits per heavy atom. The van der Waals surface area contributed by atoms with Crippen LogP contribution in [0, 0.1) is 5.92 Å². The molecule has 0 aliphatic carbocycles. The molecule has 0 saturated carbocycles. The first-order valence-corrected chi connectivity index (χ1v) is 11.9. The Balaban J connectivity index is 1.73. The fraction of sp³-hybridized carbons (Fsp3) is 0.519. The van der Waals surface area contributed by atoms with Crippen molar-refractivity contribution < 1.29 is 28.5 Å². The summed E-state index contributed by atoms with van der Waals surface area (Å²) >= 11 is 0. The number of hydrogen-bond acceptors (Lipinski definition) is 5. The molecule has 0 radical (unpaired) electrons. The van der Waals surface area contributed by atoms with Crippen LogP contribution < -0.4 is 4.74 Å². The molecule has 1 fully saturated rings. The molecule has 1 atom stereocenters. The standard InChI is InChI=1S/C27H36FNO5/c1-26(2,3)34-25(30)29-16-13-23(14-17-29)27(31,21-7-5-4-6-8-21)22-9-11-24(12-10-22)33-20-19-32-18-15-28/h4-12,23,31H,13-20H2,1-3H3. The first-order valence-electron chi connectivity index (χ1n) is 11.9. The van der Waals surface area contributed by atoms with E-state index < -0.39 is 17.9 Å². The number of aliphatic hydroxyl groups is 1. The summed E-state index contributed by atoms with van der Waals surface area (Å²) in [4.78, 5) is 14.2. The van der Waals surface area contributed by atoms with Gasteiger partial charge in [0.2, 0.25) is 0 Å². The van der Waals surface area contributed by atoms with Gasteiger partial charge in [0.25, 0.3) is 0 Å². The molecule has 0 bridgehead atoms. The van der Waals surface area contributed by atoms with E-state index in [1.807, 2.05) is 75.4 Å². The van der Waals surface area contributed by atoms with E-state index in [0.29, 0.717) is 44.9 Å². The van der Waals surface area contributed by atoms with Crippen LogP contribution in [-0.2, 0) is 15.1 Å². The second-order valence-corrected chi connectivity index (χ2v) is 9.55. The fourth-order valence-corrected chi connectivity index (χ4v) is 4.32. The first-order chi connectivity index (χ1) is 16.2. The lowest BCUT2D eigenvalue weighted by atomic mass is 9.72. The highest BCUT2D eigenvalue weighted by Crippen LogP contribution is 2.42. The van der Waals surface area contributed by atoms with Gasteiger partial charge in [-0.25, -0.2) is 9.18 Å². The van der Waals surface area contributed by atoms with E-state index in [-0.39, 0.29) is 18.6 Å². The Morgan fingerprint density at radius 3 is 2.18 bits per heavy atom. The van der Waals surface area contributed by atoms with Crippen molar-refractivity contribution in [3.8, 4) is 5.75 Å². The average molecular weight is 474 g/mol. The molecule has 6 nitrogen and oxygen atoms in total. The summed E-state index contributed by atoms with van der Waals surface area (Å²) in [6.45, 7) is 6.82. The Kier molecular flexibility index (Phi) is 8.91. The van der Waals surface area contributed by atoms with E-state index >= 15 is 0 Å². The highest BCUT2D eigenvalue weighted by molar-refractivity contribution is 5.68. The summed E-state index contributed by atoms with van der Waals surface area (Å²) in [6.07, 6.45) is 0.982. The van der Waals surface area contributed by atoms with Gasteiger partial charge in [0.05, 0.1) is 13.2 Å². The van der Waals surface area contributed by atoms with Crippen LogP contribution in [0.1, 0.15) is 44.7 Å². The maximum Gasteiger partial charge on any atom is 0.410 e. The third-order valence-corrected chi connectivity index (χ3v) is 5.96. The smallest absolute Gasteiger partial charge is 0.410 e. The van der Waals surface area contributed by atoms with E-state index in [0.717, 1.165) is 11.1 Å². The number of piperidine rings is 1. The van der Waals surface area contributed by atoms with Gasteiger partial charge in [-0.3, -0.25) is 0 Å². The van der Waals surface area contributed by atoms with E-state index in [2.05, 4.69) is 0 Å². The second-order valence-electron chi connectivity index (χ2n) is 9.55. The molecule has 1 aliphatic rings. The van der Waals surface area contributed by atoms with Crippen LogP contribution in [0.3, 0.4) is 0 Å². The van der Waals surface area contributed by atoms with Crippen LogP contribution in [0.2, 0.25) is 0 Å². The highest BCUT2D eigenvalue weighted by Gasteiger charge is 2.42. The van der Waals surface area contributed by atoms with Crippen LogP contribution >= 0.6 is 0 Å². The third-order valence-electron chi connectivity index (χ3n) is 5.96. The van der Waals surface area contributed by atoms with Gasteiger partial charge in [-0.2, -0.15) is 0 Å². The zero-order valence-electron chi connectivity index (χ0n) is 20.3. The summed E-state index contributed by atoms with van der Waals surface area (Å²) < 4.78 is 28.4. The van der Waals surface area contributed by atoms with Crippen molar-refractivity contribution in [3.05, 3.63) is 65.7 Å². The van der Waals surface area contributed by atoms with Gasteiger partial charge in [0, 0.05) is 13.1 Å². The molecule has 1 N–H and O–H groups in total. The number of carbonyl (C=O) groups is 1. The maximum absolute atomic E-state index is 12.5. The van der Waals surface area contributed by atoms with Crippen molar-refractivity contribution in [2.75, 3.05) is 39.6 Å². The minimum Gasteiger partial charge on any atom is -0.491 e. The SMILES string of the molecule is CC(C)(C)OC(=O)N1CCC(C(O)(c2ccccc2)c2ccc(OCCOCCF)cc2)CC1. The van der Waals surface area contributed by atoms with Gasteiger partial charge in [-0.1, -0.05) is 42.5 Å². The predicted molar refractivity (Wildman–Crippen MR) is 129 cm³/mol. The first kappa shape index (κ1) is 26.0. The number of amides is 1. The lowest BCUT2D eigenvalue weighted by Gasteiger charge is -2.42. The summed E-state index contributed by atoms with van der Waals surface area (Å²) in [6, 6.07) is 17.1. The molecular weight excluding hydrogens is 437 g/mol. The molecule has 1 saturated heterocycles. The molecule has 0 aromatic heterocycles. The Morgan fingerprint density at radius 2 is 1.59 bits per heavy atom. The van der Waals surface area contributed by atoms with Crippen molar-refractivity contribution in [2.45, 2.75) is 44.8 Å². The number of ether oxygens (including phenoxy) is 3. The molecule has 1 aliphatic heterocycles. The highest BCUT2D eigenvalue weighted by atomic mass is 19.1. The number of hydrogen-bond donors (Lipinski definition) is 1. The quantitative estimate of drug-likeness (QED) is 0.523. The number of rotatable bonds is 9. The molecular formula is C27H36FNO5. The van der Waals surface area contributed by atoms with Gasteiger partial charge in [0.1, 0.15) is 30.2 Å². The zero-order valence-corrected chi connectivity index (χ0v) is 20.3. The van der Waals surface area contributed by atoms with Crippen LogP contribution in [0.4, 0.5) is 9.18 Å². The van der Waals surface area contributed by atoms with Crippen molar-refractivity contribution in [1.29, 1.82) is 0 Å². The minimum absolute atomic E-state index is 0.0686. The number of nitrogens with zero attached hydrogens (tertiary/aromatic N) is 1. The van der Waals surface area contributed by atoms with Crippen molar-refractivity contribution >= 4 is 6.09 Å².